The fraction of sp³-hybridized carbons (Fsp3) is 0.0588. The van der Waals surface area contributed by atoms with Crippen molar-refractivity contribution < 1.29 is 13.9 Å². The van der Waals surface area contributed by atoms with Gasteiger partial charge in [0.1, 0.15) is 5.82 Å². The number of rotatable bonds is 5. The highest BCUT2D eigenvalue weighted by Gasteiger charge is 2.14. The summed E-state index contributed by atoms with van der Waals surface area (Å²) in [5.74, 6) is 0.240. The zero-order chi connectivity index (χ0) is 17.8. The smallest absolute Gasteiger partial charge is 0.179 e. The van der Waals surface area contributed by atoms with Crippen LogP contribution in [0.15, 0.2) is 42.9 Å². The van der Waals surface area contributed by atoms with Gasteiger partial charge < -0.3 is 10.1 Å². The second-order valence-electron chi connectivity index (χ2n) is 4.94. The summed E-state index contributed by atoms with van der Waals surface area (Å²) < 4.78 is 19.3. The number of anilines is 2. The van der Waals surface area contributed by atoms with Crippen LogP contribution in [0, 0.1) is 5.82 Å². The van der Waals surface area contributed by atoms with E-state index in [1.54, 1.807) is 6.07 Å². The van der Waals surface area contributed by atoms with E-state index in [1.165, 1.54) is 43.9 Å². The molecule has 1 N–H and O–H groups in total. The number of hydrogen-bond acceptors (Lipinski definition) is 6. The second-order valence-corrected chi connectivity index (χ2v) is 5.38. The number of methoxy groups -OCH3 is 1. The predicted octanol–water partition coefficient (Wildman–Crippen LogP) is 3.90. The first-order valence-electron chi connectivity index (χ1n) is 7.15. The molecule has 6 nitrogen and oxygen atoms in total. The molecule has 0 bridgehead atoms. The molecule has 0 fully saturated rings. The van der Waals surface area contributed by atoms with Crippen LogP contribution in [0.3, 0.4) is 0 Å². The van der Waals surface area contributed by atoms with Gasteiger partial charge in [-0.3, -0.25) is 9.78 Å². The fourth-order valence-corrected chi connectivity index (χ4v) is 2.32. The van der Waals surface area contributed by atoms with Gasteiger partial charge in [0.2, 0.25) is 0 Å². The molecule has 0 atom stereocenters. The fourth-order valence-electron chi connectivity index (χ4n) is 2.15. The van der Waals surface area contributed by atoms with E-state index >= 15 is 0 Å². The highest BCUT2D eigenvalue weighted by Crippen LogP contribution is 2.30. The van der Waals surface area contributed by atoms with Gasteiger partial charge in [0, 0.05) is 17.4 Å². The molecule has 0 aliphatic heterocycles. The number of carbonyl (C=O) groups is 1. The Morgan fingerprint density at radius 2 is 2.12 bits per heavy atom. The molecule has 2 heterocycles. The summed E-state index contributed by atoms with van der Waals surface area (Å²) in [7, 11) is 1.46. The number of carbonyl (C=O) groups excluding carboxylic acids is 1. The van der Waals surface area contributed by atoms with E-state index < -0.39 is 5.82 Å². The van der Waals surface area contributed by atoms with Crippen LogP contribution in [0.2, 0.25) is 5.02 Å². The van der Waals surface area contributed by atoms with Gasteiger partial charge in [-0.15, -0.1) is 0 Å². The Morgan fingerprint density at radius 3 is 2.88 bits per heavy atom. The third-order valence-corrected chi connectivity index (χ3v) is 3.61. The van der Waals surface area contributed by atoms with Crippen molar-refractivity contribution in [2.24, 2.45) is 0 Å². The van der Waals surface area contributed by atoms with E-state index in [2.05, 4.69) is 20.3 Å². The number of aromatic nitrogens is 3. The van der Waals surface area contributed by atoms with E-state index in [-0.39, 0.29) is 17.2 Å². The largest absolute Gasteiger partial charge is 0.491 e. The van der Waals surface area contributed by atoms with E-state index in [0.29, 0.717) is 28.3 Å². The van der Waals surface area contributed by atoms with Crippen molar-refractivity contribution in [1.82, 2.24) is 15.0 Å². The minimum Gasteiger partial charge on any atom is -0.491 e. The van der Waals surface area contributed by atoms with Gasteiger partial charge in [0.15, 0.2) is 23.7 Å². The van der Waals surface area contributed by atoms with Crippen molar-refractivity contribution >= 4 is 29.4 Å². The topological polar surface area (TPSA) is 77.0 Å². The highest BCUT2D eigenvalue weighted by molar-refractivity contribution is 6.30. The number of benzene rings is 1. The predicted molar refractivity (Wildman–Crippen MR) is 91.9 cm³/mol. The normalized spacial score (nSPS) is 10.4. The summed E-state index contributed by atoms with van der Waals surface area (Å²) in [5, 5.41) is 3.35. The second kappa shape index (κ2) is 7.23. The Bertz CT molecular complexity index is 936. The molecule has 0 saturated heterocycles. The number of ether oxygens (including phenoxy) is 1. The Morgan fingerprint density at radius 1 is 1.28 bits per heavy atom. The zero-order valence-electron chi connectivity index (χ0n) is 13.0. The average Bonchev–Trinajstić information content (AvgIpc) is 2.64. The van der Waals surface area contributed by atoms with Crippen molar-refractivity contribution in [3.8, 4) is 17.1 Å². The van der Waals surface area contributed by atoms with Crippen molar-refractivity contribution in [3.05, 3.63) is 59.3 Å². The molecule has 8 heteroatoms. The molecule has 0 amide bonds. The Hall–Kier alpha value is -3.06. The monoisotopic (exact) mass is 358 g/mol. The van der Waals surface area contributed by atoms with E-state index in [4.69, 9.17) is 16.3 Å². The molecule has 126 valence electrons. The van der Waals surface area contributed by atoms with Crippen LogP contribution in [-0.2, 0) is 0 Å². The summed E-state index contributed by atoms with van der Waals surface area (Å²) >= 11 is 5.93. The first kappa shape index (κ1) is 16.8. The lowest BCUT2D eigenvalue weighted by Gasteiger charge is -2.12. The average molecular weight is 359 g/mol. The summed E-state index contributed by atoms with van der Waals surface area (Å²) in [6.07, 6.45) is 5.02. The van der Waals surface area contributed by atoms with Crippen molar-refractivity contribution in [2.75, 3.05) is 12.4 Å². The summed E-state index contributed by atoms with van der Waals surface area (Å²) in [6.45, 7) is 0. The molecule has 0 saturated carbocycles. The maximum atomic E-state index is 14.1. The SMILES string of the molecule is COc1cnc(-c2cc(Cl)ccc2F)nc1Nc1ccncc1C=O. The third kappa shape index (κ3) is 3.56. The van der Waals surface area contributed by atoms with Crippen molar-refractivity contribution in [2.45, 2.75) is 0 Å². The first-order valence-corrected chi connectivity index (χ1v) is 7.53. The molecule has 25 heavy (non-hydrogen) atoms. The van der Waals surface area contributed by atoms with Crippen LogP contribution in [0.1, 0.15) is 10.4 Å². The molecule has 0 radical (unpaired) electrons. The van der Waals surface area contributed by atoms with Gasteiger partial charge in [-0.05, 0) is 24.3 Å². The van der Waals surface area contributed by atoms with Crippen LogP contribution in [0.25, 0.3) is 11.4 Å². The zero-order valence-corrected chi connectivity index (χ0v) is 13.8. The number of nitrogens with zero attached hydrogens (tertiary/aromatic N) is 3. The van der Waals surface area contributed by atoms with Crippen LogP contribution in [0.5, 0.6) is 5.75 Å². The van der Waals surface area contributed by atoms with Crippen molar-refractivity contribution in [1.29, 1.82) is 0 Å². The molecule has 3 rings (SSSR count). The maximum absolute atomic E-state index is 14.1. The Labute approximate surface area is 147 Å². The lowest BCUT2D eigenvalue weighted by molar-refractivity contribution is 0.112. The summed E-state index contributed by atoms with van der Waals surface area (Å²) in [6, 6.07) is 5.73. The molecule has 0 unspecified atom stereocenters. The van der Waals surface area contributed by atoms with E-state index in [0.717, 1.165) is 0 Å². The molecular weight excluding hydrogens is 347 g/mol. The molecule has 0 spiro atoms. The van der Waals surface area contributed by atoms with Gasteiger partial charge in [-0.25, -0.2) is 14.4 Å². The van der Waals surface area contributed by atoms with Gasteiger partial charge in [-0.2, -0.15) is 0 Å². The molecular formula is C17H12ClFN4O2. The molecule has 0 aliphatic rings. The van der Waals surface area contributed by atoms with Crippen LogP contribution in [0.4, 0.5) is 15.9 Å². The van der Waals surface area contributed by atoms with Crippen molar-refractivity contribution in [3.63, 3.8) is 0 Å². The van der Waals surface area contributed by atoms with E-state index in [1.807, 2.05) is 0 Å². The van der Waals surface area contributed by atoms with Gasteiger partial charge >= 0.3 is 0 Å². The number of aldehydes is 1. The molecule has 2 aromatic heterocycles. The minimum absolute atomic E-state index is 0.130. The van der Waals surface area contributed by atoms with Crippen LogP contribution in [-0.4, -0.2) is 28.3 Å². The quantitative estimate of drug-likeness (QED) is 0.697. The first-order chi connectivity index (χ1) is 12.1. The maximum Gasteiger partial charge on any atom is 0.179 e. The Kier molecular flexibility index (Phi) is 4.85. The van der Waals surface area contributed by atoms with Gasteiger partial charge in [-0.1, -0.05) is 11.6 Å². The minimum atomic E-state index is -0.502. The molecule has 3 aromatic rings. The Balaban J connectivity index is 2.07. The number of hydrogen-bond donors (Lipinski definition) is 1. The lowest BCUT2D eigenvalue weighted by atomic mass is 10.2. The van der Waals surface area contributed by atoms with Crippen LogP contribution >= 0.6 is 11.6 Å². The van der Waals surface area contributed by atoms with Gasteiger partial charge in [0.25, 0.3) is 0 Å². The lowest BCUT2D eigenvalue weighted by Crippen LogP contribution is -2.03. The highest BCUT2D eigenvalue weighted by atomic mass is 35.5. The van der Waals surface area contributed by atoms with Crippen LogP contribution < -0.4 is 10.1 Å². The third-order valence-electron chi connectivity index (χ3n) is 3.38. The van der Waals surface area contributed by atoms with Gasteiger partial charge in [0.05, 0.1) is 30.1 Å². The standard InChI is InChI=1S/C17H12ClFN4O2/c1-25-15-8-21-16(12-6-11(18)2-3-13(12)19)23-17(15)22-14-4-5-20-7-10(14)9-24/h2-9H,1H3,(H,20,21,22,23). The molecule has 1 aromatic carbocycles. The molecule has 0 aliphatic carbocycles. The summed E-state index contributed by atoms with van der Waals surface area (Å²) in [4.78, 5) is 23.4. The number of nitrogens with one attached hydrogen (secondary N) is 1. The van der Waals surface area contributed by atoms with E-state index in [9.17, 15) is 9.18 Å². The number of halogens is 2. The number of pyridine rings is 1. The summed E-state index contributed by atoms with van der Waals surface area (Å²) in [5.41, 5.74) is 0.988.